The first-order chi connectivity index (χ1) is 8.11. The van der Waals surface area contributed by atoms with Crippen LogP contribution in [0.15, 0.2) is 24.3 Å². The second-order valence-electron chi connectivity index (χ2n) is 4.07. The van der Waals surface area contributed by atoms with Crippen molar-refractivity contribution in [1.82, 2.24) is 10.6 Å². The maximum absolute atomic E-state index is 12.6. The lowest BCUT2D eigenvalue weighted by molar-refractivity contribution is -0.121. The molecule has 1 atom stereocenters. The monoisotopic (exact) mass is 238 g/mol. The number of amides is 1. The van der Waals surface area contributed by atoms with E-state index in [4.69, 9.17) is 0 Å². The van der Waals surface area contributed by atoms with Gasteiger partial charge < -0.3 is 10.6 Å². The Morgan fingerprint density at radius 2 is 2.00 bits per heavy atom. The van der Waals surface area contributed by atoms with Crippen LogP contribution in [0.5, 0.6) is 0 Å². The van der Waals surface area contributed by atoms with Crippen LogP contribution in [-0.4, -0.2) is 18.5 Å². The van der Waals surface area contributed by atoms with E-state index in [9.17, 15) is 9.18 Å². The van der Waals surface area contributed by atoms with Gasteiger partial charge in [0.15, 0.2) is 0 Å². The van der Waals surface area contributed by atoms with Gasteiger partial charge in [-0.05, 0) is 31.2 Å². The highest BCUT2D eigenvalue weighted by molar-refractivity contribution is 5.76. The van der Waals surface area contributed by atoms with Crippen molar-refractivity contribution < 1.29 is 9.18 Å². The van der Waals surface area contributed by atoms with Gasteiger partial charge in [-0.2, -0.15) is 0 Å². The first kappa shape index (κ1) is 13.6. The zero-order valence-corrected chi connectivity index (χ0v) is 10.3. The molecule has 1 unspecified atom stereocenters. The number of carbonyl (C=O) groups excluding carboxylic acids is 1. The topological polar surface area (TPSA) is 41.1 Å². The van der Waals surface area contributed by atoms with E-state index in [0.717, 1.165) is 12.1 Å². The molecule has 3 nitrogen and oxygen atoms in total. The minimum absolute atomic E-state index is 0.00257. The van der Waals surface area contributed by atoms with Crippen LogP contribution in [-0.2, 0) is 11.3 Å². The number of rotatable bonds is 6. The van der Waals surface area contributed by atoms with Gasteiger partial charge in [0.2, 0.25) is 5.91 Å². The van der Waals surface area contributed by atoms with Crippen LogP contribution in [0.1, 0.15) is 25.8 Å². The molecule has 4 heteroatoms. The van der Waals surface area contributed by atoms with Gasteiger partial charge in [0, 0.05) is 19.0 Å². The average Bonchev–Trinajstić information content (AvgIpc) is 2.28. The first-order valence-corrected chi connectivity index (χ1v) is 5.86. The molecule has 17 heavy (non-hydrogen) atoms. The van der Waals surface area contributed by atoms with Crippen LogP contribution in [0, 0.1) is 5.82 Å². The summed E-state index contributed by atoms with van der Waals surface area (Å²) in [6.07, 6.45) is 0.453. The van der Waals surface area contributed by atoms with Crippen LogP contribution in [0.4, 0.5) is 4.39 Å². The second-order valence-corrected chi connectivity index (χ2v) is 4.07. The molecule has 0 saturated carbocycles. The predicted octanol–water partition coefficient (Wildman–Crippen LogP) is 1.83. The lowest BCUT2D eigenvalue weighted by Crippen LogP contribution is -2.33. The first-order valence-electron chi connectivity index (χ1n) is 5.86. The Labute approximate surface area is 101 Å². The van der Waals surface area contributed by atoms with E-state index < -0.39 is 0 Å². The number of hydrogen-bond donors (Lipinski definition) is 2. The summed E-state index contributed by atoms with van der Waals surface area (Å²) in [6, 6.07) is 6.30. The van der Waals surface area contributed by atoms with E-state index >= 15 is 0 Å². The molecule has 1 aromatic rings. The van der Waals surface area contributed by atoms with Gasteiger partial charge in [0.1, 0.15) is 5.82 Å². The molecule has 0 aliphatic rings. The van der Waals surface area contributed by atoms with E-state index in [-0.39, 0.29) is 17.8 Å². The fourth-order valence-corrected chi connectivity index (χ4v) is 1.57. The molecule has 0 bridgehead atoms. The summed E-state index contributed by atoms with van der Waals surface area (Å²) in [6.45, 7) is 5.28. The molecular weight excluding hydrogens is 219 g/mol. The lowest BCUT2D eigenvalue weighted by atomic mass is 10.2. The summed E-state index contributed by atoms with van der Waals surface area (Å²) < 4.78 is 12.6. The molecule has 0 heterocycles. The second kappa shape index (κ2) is 7.01. The molecule has 0 fully saturated rings. The van der Waals surface area contributed by atoms with Crippen LogP contribution in [0.3, 0.4) is 0 Å². The molecule has 0 spiro atoms. The smallest absolute Gasteiger partial charge is 0.221 e. The Morgan fingerprint density at radius 1 is 1.35 bits per heavy atom. The Bertz CT molecular complexity index is 351. The maximum Gasteiger partial charge on any atom is 0.221 e. The van der Waals surface area contributed by atoms with Crippen molar-refractivity contribution in [3.05, 3.63) is 35.6 Å². The van der Waals surface area contributed by atoms with Crippen LogP contribution < -0.4 is 10.6 Å². The number of nitrogens with one attached hydrogen (secondary N) is 2. The molecular formula is C13H19FN2O. The van der Waals surface area contributed by atoms with Gasteiger partial charge >= 0.3 is 0 Å². The zero-order valence-electron chi connectivity index (χ0n) is 10.3. The fraction of sp³-hybridized carbons (Fsp3) is 0.462. The molecule has 1 amide bonds. The van der Waals surface area contributed by atoms with Crippen molar-refractivity contribution >= 4 is 5.91 Å². The Hall–Kier alpha value is -1.42. The number of benzene rings is 1. The van der Waals surface area contributed by atoms with Crippen LogP contribution in [0.2, 0.25) is 0 Å². The summed E-state index contributed by atoms with van der Waals surface area (Å²) in [5, 5.41) is 5.98. The fourth-order valence-electron chi connectivity index (χ4n) is 1.57. The summed E-state index contributed by atoms with van der Waals surface area (Å²) in [7, 11) is 0. The lowest BCUT2D eigenvalue weighted by Gasteiger charge is -2.12. The van der Waals surface area contributed by atoms with Crippen molar-refractivity contribution in [2.24, 2.45) is 0 Å². The Morgan fingerprint density at radius 3 is 2.59 bits per heavy atom. The molecule has 0 saturated heterocycles. The molecule has 0 aromatic heterocycles. The SMILES string of the molecule is CCNC(C)CC(=O)NCc1ccc(F)cc1. The van der Waals surface area contributed by atoms with Crippen LogP contribution in [0.25, 0.3) is 0 Å². The third-order valence-corrected chi connectivity index (χ3v) is 2.45. The molecule has 94 valence electrons. The minimum atomic E-state index is -0.263. The highest BCUT2D eigenvalue weighted by atomic mass is 19.1. The van der Waals surface area contributed by atoms with Gasteiger partial charge in [0.05, 0.1) is 0 Å². The van der Waals surface area contributed by atoms with E-state index in [2.05, 4.69) is 10.6 Å². The molecule has 1 aromatic carbocycles. The van der Waals surface area contributed by atoms with Crippen molar-refractivity contribution in [2.45, 2.75) is 32.9 Å². The summed E-state index contributed by atoms with van der Waals surface area (Å²) in [5.74, 6) is -0.261. The van der Waals surface area contributed by atoms with Crippen molar-refractivity contribution in [3.8, 4) is 0 Å². The van der Waals surface area contributed by atoms with Gasteiger partial charge in [-0.25, -0.2) is 4.39 Å². The highest BCUT2D eigenvalue weighted by Crippen LogP contribution is 2.02. The standard InChI is InChI=1S/C13H19FN2O/c1-3-15-10(2)8-13(17)16-9-11-4-6-12(14)7-5-11/h4-7,10,15H,3,8-9H2,1-2H3,(H,16,17). The van der Waals surface area contributed by atoms with Crippen LogP contribution >= 0.6 is 0 Å². The maximum atomic E-state index is 12.6. The molecule has 0 aliphatic carbocycles. The normalized spacial score (nSPS) is 12.2. The van der Waals surface area contributed by atoms with Crippen molar-refractivity contribution in [2.75, 3.05) is 6.54 Å². The van der Waals surface area contributed by atoms with Gasteiger partial charge in [0.25, 0.3) is 0 Å². The minimum Gasteiger partial charge on any atom is -0.352 e. The Kier molecular flexibility index (Phi) is 5.63. The quantitative estimate of drug-likeness (QED) is 0.794. The van der Waals surface area contributed by atoms with E-state index in [0.29, 0.717) is 13.0 Å². The van der Waals surface area contributed by atoms with Crippen molar-refractivity contribution in [1.29, 1.82) is 0 Å². The third kappa shape index (κ3) is 5.45. The van der Waals surface area contributed by atoms with Gasteiger partial charge in [-0.1, -0.05) is 19.1 Å². The number of hydrogen-bond acceptors (Lipinski definition) is 2. The summed E-state index contributed by atoms with van der Waals surface area (Å²) in [5.41, 5.74) is 0.899. The number of carbonyl (C=O) groups is 1. The molecule has 0 aliphatic heterocycles. The van der Waals surface area contributed by atoms with Crippen molar-refractivity contribution in [3.63, 3.8) is 0 Å². The summed E-state index contributed by atoms with van der Waals surface area (Å²) in [4.78, 5) is 11.5. The molecule has 0 radical (unpaired) electrons. The van der Waals surface area contributed by atoms with Gasteiger partial charge in [-0.3, -0.25) is 4.79 Å². The van der Waals surface area contributed by atoms with Gasteiger partial charge in [-0.15, -0.1) is 0 Å². The number of halogens is 1. The van der Waals surface area contributed by atoms with E-state index in [1.165, 1.54) is 12.1 Å². The summed E-state index contributed by atoms with van der Waals surface area (Å²) >= 11 is 0. The molecule has 2 N–H and O–H groups in total. The largest absolute Gasteiger partial charge is 0.352 e. The highest BCUT2D eigenvalue weighted by Gasteiger charge is 2.07. The predicted molar refractivity (Wildman–Crippen MR) is 66.0 cm³/mol. The molecule has 1 rings (SSSR count). The van der Waals surface area contributed by atoms with E-state index in [1.807, 2.05) is 13.8 Å². The zero-order chi connectivity index (χ0) is 12.7. The van der Waals surface area contributed by atoms with E-state index in [1.54, 1.807) is 12.1 Å². The Balaban J connectivity index is 2.30. The average molecular weight is 238 g/mol. The third-order valence-electron chi connectivity index (χ3n) is 2.45.